The standard InChI is InChI=1S/C14H26N2O/c1-14(2)6-5-13(17-14)9-16-11-3-4-12(16)8-10(15)7-11/h10-13H,3-9,15H2,1-2H3. The second-order valence-corrected chi connectivity index (χ2v) is 6.85. The number of hydrogen-bond acceptors (Lipinski definition) is 3. The monoisotopic (exact) mass is 238 g/mol. The first-order valence-corrected chi connectivity index (χ1v) is 7.23. The maximum Gasteiger partial charge on any atom is 0.0710 e. The SMILES string of the molecule is CC1(C)CCC(CN2C3CCC2CC(N)C3)O1. The van der Waals surface area contributed by atoms with Crippen molar-refractivity contribution in [2.45, 2.75) is 82.2 Å². The Morgan fingerprint density at radius 3 is 2.35 bits per heavy atom. The molecule has 3 aliphatic heterocycles. The molecule has 0 radical (unpaired) electrons. The number of fused-ring (bicyclic) bond motifs is 2. The molecule has 3 heterocycles. The van der Waals surface area contributed by atoms with Crippen molar-refractivity contribution in [3.8, 4) is 0 Å². The van der Waals surface area contributed by atoms with E-state index >= 15 is 0 Å². The first kappa shape index (κ1) is 11.9. The smallest absolute Gasteiger partial charge is 0.0710 e. The van der Waals surface area contributed by atoms with Crippen LogP contribution >= 0.6 is 0 Å². The maximum atomic E-state index is 6.13. The van der Waals surface area contributed by atoms with Crippen molar-refractivity contribution in [1.29, 1.82) is 0 Å². The molecule has 3 rings (SSSR count). The van der Waals surface area contributed by atoms with Crippen molar-refractivity contribution in [1.82, 2.24) is 4.90 Å². The van der Waals surface area contributed by atoms with E-state index in [-0.39, 0.29) is 5.60 Å². The van der Waals surface area contributed by atoms with Gasteiger partial charge in [-0.05, 0) is 52.4 Å². The van der Waals surface area contributed by atoms with Crippen LogP contribution in [-0.4, -0.2) is 41.3 Å². The Labute approximate surface area is 105 Å². The molecule has 3 fully saturated rings. The molecular weight excluding hydrogens is 212 g/mol. The van der Waals surface area contributed by atoms with Gasteiger partial charge in [-0.3, -0.25) is 4.90 Å². The number of hydrogen-bond donors (Lipinski definition) is 1. The third-order valence-electron chi connectivity index (χ3n) is 4.89. The van der Waals surface area contributed by atoms with E-state index in [1.54, 1.807) is 0 Å². The predicted molar refractivity (Wildman–Crippen MR) is 68.9 cm³/mol. The lowest BCUT2D eigenvalue weighted by atomic mass is 9.97. The van der Waals surface area contributed by atoms with Crippen LogP contribution in [0.4, 0.5) is 0 Å². The van der Waals surface area contributed by atoms with Gasteiger partial charge in [-0.15, -0.1) is 0 Å². The van der Waals surface area contributed by atoms with Crippen LogP contribution in [0.25, 0.3) is 0 Å². The molecule has 0 aromatic rings. The van der Waals surface area contributed by atoms with Gasteiger partial charge in [0.05, 0.1) is 11.7 Å². The summed E-state index contributed by atoms with van der Waals surface area (Å²) < 4.78 is 6.13. The summed E-state index contributed by atoms with van der Waals surface area (Å²) in [5.41, 5.74) is 6.22. The zero-order valence-electron chi connectivity index (χ0n) is 11.2. The lowest BCUT2D eigenvalue weighted by Gasteiger charge is -2.39. The van der Waals surface area contributed by atoms with E-state index in [9.17, 15) is 0 Å². The molecule has 3 unspecified atom stereocenters. The van der Waals surface area contributed by atoms with Crippen LogP contribution in [0.2, 0.25) is 0 Å². The summed E-state index contributed by atoms with van der Waals surface area (Å²) in [4.78, 5) is 2.70. The molecule has 3 heteroatoms. The molecular formula is C14H26N2O. The van der Waals surface area contributed by atoms with Crippen molar-refractivity contribution in [3.05, 3.63) is 0 Å². The Bertz CT molecular complexity index is 278. The highest BCUT2D eigenvalue weighted by molar-refractivity contribution is 4.98. The molecule has 3 nitrogen and oxygen atoms in total. The number of nitrogens with zero attached hydrogens (tertiary/aromatic N) is 1. The van der Waals surface area contributed by atoms with Crippen LogP contribution in [0, 0.1) is 0 Å². The summed E-state index contributed by atoms with van der Waals surface area (Å²) in [6.07, 6.45) is 8.01. The fourth-order valence-corrected chi connectivity index (χ4v) is 4.06. The Morgan fingerprint density at radius 1 is 1.18 bits per heavy atom. The molecule has 0 spiro atoms. The molecule has 3 aliphatic rings. The normalized spacial score (nSPS) is 45.4. The molecule has 2 N–H and O–H groups in total. The van der Waals surface area contributed by atoms with Crippen LogP contribution < -0.4 is 5.73 Å². The highest BCUT2D eigenvalue weighted by Gasteiger charge is 2.42. The number of piperidine rings is 1. The van der Waals surface area contributed by atoms with Crippen LogP contribution in [0.1, 0.15) is 52.4 Å². The lowest BCUT2D eigenvalue weighted by molar-refractivity contribution is -0.0397. The van der Waals surface area contributed by atoms with E-state index in [1.807, 2.05) is 0 Å². The minimum Gasteiger partial charge on any atom is -0.371 e. The summed E-state index contributed by atoms with van der Waals surface area (Å²) >= 11 is 0. The fraction of sp³-hybridized carbons (Fsp3) is 1.00. The van der Waals surface area contributed by atoms with Crippen molar-refractivity contribution in [3.63, 3.8) is 0 Å². The highest BCUT2D eigenvalue weighted by atomic mass is 16.5. The molecule has 0 amide bonds. The Kier molecular flexibility index (Phi) is 2.96. The number of ether oxygens (including phenoxy) is 1. The van der Waals surface area contributed by atoms with Crippen LogP contribution in [-0.2, 0) is 4.74 Å². The average Bonchev–Trinajstić information content (AvgIpc) is 2.68. The summed E-state index contributed by atoms with van der Waals surface area (Å²) in [5.74, 6) is 0. The van der Waals surface area contributed by atoms with E-state index in [0.717, 1.165) is 18.6 Å². The first-order valence-electron chi connectivity index (χ1n) is 7.23. The van der Waals surface area contributed by atoms with E-state index in [4.69, 9.17) is 10.5 Å². The third kappa shape index (κ3) is 2.38. The van der Waals surface area contributed by atoms with Gasteiger partial charge < -0.3 is 10.5 Å². The topological polar surface area (TPSA) is 38.5 Å². The molecule has 0 aromatic carbocycles. The minimum atomic E-state index is 0.107. The zero-order chi connectivity index (χ0) is 12.0. The summed E-state index contributed by atoms with van der Waals surface area (Å²) in [5, 5.41) is 0. The Morgan fingerprint density at radius 2 is 1.82 bits per heavy atom. The van der Waals surface area contributed by atoms with E-state index < -0.39 is 0 Å². The quantitative estimate of drug-likeness (QED) is 0.798. The van der Waals surface area contributed by atoms with Gasteiger partial charge in [0.15, 0.2) is 0 Å². The van der Waals surface area contributed by atoms with Crippen molar-refractivity contribution in [2.24, 2.45) is 5.73 Å². The van der Waals surface area contributed by atoms with E-state index in [0.29, 0.717) is 12.1 Å². The summed E-state index contributed by atoms with van der Waals surface area (Å²) in [6, 6.07) is 1.94. The highest BCUT2D eigenvalue weighted by Crippen LogP contribution is 2.37. The molecule has 0 saturated carbocycles. The first-order chi connectivity index (χ1) is 8.03. The zero-order valence-corrected chi connectivity index (χ0v) is 11.2. The average molecular weight is 238 g/mol. The van der Waals surface area contributed by atoms with Gasteiger partial charge in [-0.25, -0.2) is 0 Å². The number of rotatable bonds is 2. The Hall–Kier alpha value is -0.120. The van der Waals surface area contributed by atoms with Crippen molar-refractivity contribution < 1.29 is 4.74 Å². The molecule has 98 valence electrons. The van der Waals surface area contributed by atoms with Crippen LogP contribution in [0.5, 0.6) is 0 Å². The van der Waals surface area contributed by atoms with Crippen LogP contribution in [0.15, 0.2) is 0 Å². The molecule has 0 aromatic heterocycles. The predicted octanol–water partition coefficient (Wildman–Crippen LogP) is 1.90. The van der Waals surface area contributed by atoms with E-state index in [1.165, 1.54) is 38.5 Å². The summed E-state index contributed by atoms with van der Waals surface area (Å²) in [6.45, 7) is 5.58. The van der Waals surface area contributed by atoms with Gasteiger partial charge in [-0.1, -0.05) is 0 Å². The molecule has 17 heavy (non-hydrogen) atoms. The van der Waals surface area contributed by atoms with Gasteiger partial charge in [-0.2, -0.15) is 0 Å². The second kappa shape index (κ2) is 4.22. The van der Waals surface area contributed by atoms with Crippen LogP contribution in [0.3, 0.4) is 0 Å². The second-order valence-electron chi connectivity index (χ2n) is 6.85. The molecule has 2 bridgehead atoms. The minimum absolute atomic E-state index is 0.107. The van der Waals surface area contributed by atoms with Gasteiger partial charge >= 0.3 is 0 Å². The fourth-order valence-electron chi connectivity index (χ4n) is 4.06. The molecule has 3 atom stereocenters. The van der Waals surface area contributed by atoms with Gasteiger partial charge in [0.2, 0.25) is 0 Å². The lowest BCUT2D eigenvalue weighted by Crippen LogP contribution is -2.50. The van der Waals surface area contributed by atoms with Crippen molar-refractivity contribution in [2.75, 3.05) is 6.54 Å². The molecule has 0 aliphatic carbocycles. The summed E-state index contributed by atoms with van der Waals surface area (Å²) in [7, 11) is 0. The van der Waals surface area contributed by atoms with E-state index in [2.05, 4.69) is 18.7 Å². The maximum absolute atomic E-state index is 6.13. The van der Waals surface area contributed by atoms with Gasteiger partial charge in [0, 0.05) is 24.7 Å². The largest absolute Gasteiger partial charge is 0.371 e. The van der Waals surface area contributed by atoms with Gasteiger partial charge in [0.1, 0.15) is 0 Å². The third-order valence-corrected chi connectivity index (χ3v) is 4.89. The molecule has 3 saturated heterocycles. The Balaban J connectivity index is 1.60. The number of nitrogens with two attached hydrogens (primary N) is 1. The van der Waals surface area contributed by atoms with Crippen molar-refractivity contribution >= 4 is 0 Å². The van der Waals surface area contributed by atoms with Gasteiger partial charge in [0.25, 0.3) is 0 Å².